The zero-order chi connectivity index (χ0) is 14.0. The highest BCUT2D eigenvalue weighted by Crippen LogP contribution is 2.29. The van der Waals surface area contributed by atoms with E-state index in [2.05, 4.69) is 44.2 Å². The van der Waals surface area contributed by atoms with Crippen LogP contribution >= 0.6 is 11.9 Å². The third-order valence-electron chi connectivity index (χ3n) is 2.84. The number of para-hydroxylation sites is 1. The van der Waals surface area contributed by atoms with Crippen LogP contribution in [0.5, 0.6) is 0 Å². The van der Waals surface area contributed by atoms with E-state index in [1.807, 2.05) is 19.1 Å². The fourth-order valence-electron chi connectivity index (χ4n) is 1.99. The lowest BCUT2D eigenvalue weighted by atomic mass is 10.1. The highest BCUT2D eigenvalue weighted by molar-refractivity contribution is 7.99. The van der Waals surface area contributed by atoms with Crippen molar-refractivity contribution in [3.05, 3.63) is 35.6 Å². The van der Waals surface area contributed by atoms with Gasteiger partial charge < -0.3 is 4.42 Å². The van der Waals surface area contributed by atoms with Gasteiger partial charge in [-0.2, -0.15) is 0 Å². The molecular formula is C16H21NOS. The van der Waals surface area contributed by atoms with Gasteiger partial charge in [0.15, 0.2) is 5.76 Å². The number of hydrogen-bond acceptors (Lipinski definition) is 3. The third kappa shape index (κ3) is 3.21. The third-order valence-corrected chi connectivity index (χ3v) is 3.75. The van der Waals surface area contributed by atoms with Crippen LogP contribution in [0.3, 0.4) is 0 Å². The van der Waals surface area contributed by atoms with Gasteiger partial charge in [-0.15, -0.1) is 0 Å². The Hall–Kier alpha value is -1.22. The van der Waals surface area contributed by atoms with Gasteiger partial charge in [-0.05, 0) is 52.1 Å². The number of nitrogens with zero attached hydrogens (tertiary/aromatic N) is 1. The van der Waals surface area contributed by atoms with Crippen molar-refractivity contribution >= 4 is 28.6 Å². The number of furan rings is 1. The SMILES string of the molecule is CCc1c(/C(C)=N/SC(C)(C)C)oc2ccccc12. The van der Waals surface area contributed by atoms with E-state index in [1.165, 1.54) is 10.9 Å². The molecule has 2 nitrogen and oxygen atoms in total. The molecule has 0 saturated heterocycles. The molecule has 0 bridgehead atoms. The summed E-state index contributed by atoms with van der Waals surface area (Å²) in [7, 11) is 0. The minimum Gasteiger partial charge on any atom is -0.454 e. The number of benzene rings is 1. The second-order valence-corrected chi connectivity index (χ2v) is 7.23. The van der Waals surface area contributed by atoms with Crippen molar-refractivity contribution in [3.8, 4) is 0 Å². The Kier molecular flexibility index (Phi) is 4.04. The number of fused-ring (bicyclic) bond motifs is 1. The second-order valence-electron chi connectivity index (χ2n) is 5.64. The average molecular weight is 275 g/mol. The molecular weight excluding hydrogens is 254 g/mol. The molecule has 1 aromatic carbocycles. The minimum absolute atomic E-state index is 0.125. The van der Waals surface area contributed by atoms with E-state index < -0.39 is 0 Å². The smallest absolute Gasteiger partial charge is 0.153 e. The van der Waals surface area contributed by atoms with Gasteiger partial charge in [-0.25, -0.2) is 4.40 Å². The molecule has 0 saturated carbocycles. The molecule has 0 N–H and O–H groups in total. The maximum Gasteiger partial charge on any atom is 0.153 e. The van der Waals surface area contributed by atoms with Crippen LogP contribution in [-0.4, -0.2) is 10.5 Å². The molecule has 1 heterocycles. The lowest BCUT2D eigenvalue weighted by Gasteiger charge is -2.13. The topological polar surface area (TPSA) is 25.5 Å². The van der Waals surface area contributed by atoms with Gasteiger partial charge in [-0.1, -0.05) is 25.1 Å². The molecule has 2 aromatic rings. The number of aryl methyl sites for hydroxylation is 1. The molecule has 0 aliphatic heterocycles. The van der Waals surface area contributed by atoms with E-state index >= 15 is 0 Å². The lowest BCUT2D eigenvalue weighted by molar-refractivity contribution is 0.599. The summed E-state index contributed by atoms with van der Waals surface area (Å²) in [4.78, 5) is 0. The Morgan fingerprint density at radius 1 is 1.26 bits per heavy atom. The van der Waals surface area contributed by atoms with E-state index in [0.717, 1.165) is 23.5 Å². The van der Waals surface area contributed by atoms with Crippen molar-refractivity contribution in [1.82, 2.24) is 0 Å². The van der Waals surface area contributed by atoms with Crippen molar-refractivity contribution in [3.63, 3.8) is 0 Å². The molecule has 2 rings (SSSR count). The van der Waals surface area contributed by atoms with Crippen LogP contribution in [0.1, 0.15) is 45.9 Å². The minimum atomic E-state index is 0.125. The fourth-order valence-corrected chi connectivity index (χ4v) is 2.48. The summed E-state index contributed by atoms with van der Waals surface area (Å²) in [5, 5.41) is 1.20. The number of hydrogen-bond donors (Lipinski definition) is 0. The predicted molar refractivity (Wildman–Crippen MR) is 85.1 cm³/mol. The van der Waals surface area contributed by atoms with Crippen LogP contribution in [0, 0.1) is 0 Å². The lowest BCUT2D eigenvalue weighted by Crippen LogP contribution is -2.06. The van der Waals surface area contributed by atoms with Gasteiger partial charge in [0, 0.05) is 15.7 Å². The quantitative estimate of drug-likeness (QED) is 0.564. The molecule has 0 spiro atoms. The van der Waals surface area contributed by atoms with E-state index in [-0.39, 0.29) is 4.75 Å². The molecule has 19 heavy (non-hydrogen) atoms. The fraction of sp³-hybridized carbons (Fsp3) is 0.438. The Bertz CT molecular complexity index is 605. The highest BCUT2D eigenvalue weighted by atomic mass is 32.2. The van der Waals surface area contributed by atoms with Crippen LogP contribution in [0.4, 0.5) is 0 Å². The van der Waals surface area contributed by atoms with Gasteiger partial charge in [-0.3, -0.25) is 0 Å². The summed E-state index contributed by atoms with van der Waals surface area (Å²) in [5.74, 6) is 0.931. The Labute approximate surface area is 119 Å². The van der Waals surface area contributed by atoms with E-state index in [0.29, 0.717) is 0 Å². The van der Waals surface area contributed by atoms with Crippen molar-refractivity contribution in [2.75, 3.05) is 0 Å². The van der Waals surface area contributed by atoms with Crippen LogP contribution in [0.15, 0.2) is 33.1 Å². The van der Waals surface area contributed by atoms with Crippen molar-refractivity contribution < 1.29 is 4.42 Å². The Balaban J connectivity index is 2.44. The van der Waals surface area contributed by atoms with E-state index in [9.17, 15) is 0 Å². The van der Waals surface area contributed by atoms with Gasteiger partial charge >= 0.3 is 0 Å². The predicted octanol–water partition coefficient (Wildman–Crippen LogP) is 5.25. The highest BCUT2D eigenvalue weighted by Gasteiger charge is 2.16. The van der Waals surface area contributed by atoms with Crippen molar-refractivity contribution in [2.24, 2.45) is 4.40 Å². The summed E-state index contributed by atoms with van der Waals surface area (Å²) < 4.78 is 10.7. The normalized spacial score (nSPS) is 13.2. The average Bonchev–Trinajstić information content (AvgIpc) is 2.73. The summed E-state index contributed by atoms with van der Waals surface area (Å²) in [5.41, 5.74) is 3.17. The molecule has 0 aliphatic carbocycles. The Morgan fingerprint density at radius 2 is 1.95 bits per heavy atom. The number of rotatable bonds is 3. The molecule has 3 heteroatoms. The van der Waals surface area contributed by atoms with Crippen LogP contribution in [0.2, 0.25) is 0 Å². The van der Waals surface area contributed by atoms with Crippen LogP contribution < -0.4 is 0 Å². The molecule has 0 amide bonds. The molecule has 102 valence electrons. The first-order valence-electron chi connectivity index (χ1n) is 6.66. The van der Waals surface area contributed by atoms with Gasteiger partial charge in [0.25, 0.3) is 0 Å². The summed E-state index contributed by atoms with van der Waals surface area (Å²) in [6.07, 6.45) is 0.958. The standard InChI is InChI=1S/C16H21NOS/c1-6-12-13-9-7-8-10-14(13)18-15(12)11(2)17-19-16(3,4)5/h7-10H,6H2,1-5H3/b17-11+. The second kappa shape index (κ2) is 5.41. The Morgan fingerprint density at radius 3 is 2.58 bits per heavy atom. The molecule has 1 aromatic heterocycles. The zero-order valence-corrected chi connectivity index (χ0v) is 13.1. The molecule has 0 fully saturated rings. The van der Waals surface area contributed by atoms with Crippen LogP contribution in [0.25, 0.3) is 11.0 Å². The van der Waals surface area contributed by atoms with Crippen molar-refractivity contribution in [1.29, 1.82) is 0 Å². The van der Waals surface area contributed by atoms with Gasteiger partial charge in [0.05, 0.1) is 5.71 Å². The molecule has 0 aliphatic rings. The summed E-state index contributed by atoms with van der Waals surface area (Å²) >= 11 is 1.59. The largest absolute Gasteiger partial charge is 0.454 e. The van der Waals surface area contributed by atoms with E-state index in [1.54, 1.807) is 11.9 Å². The molecule has 0 atom stereocenters. The van der Waals surface area contributed by atoms with Gasteiger partial charge in [0.2, 0.25) is 0 Å². The first-order chi connectivity index (χ1) is 8.92. The first kappa shape index (κ1) is 14.2. The summed E-state index contributed by atoms with van der Waals surface area (Å²) in [6.45, 7) is 10.7. The monoisotopic (exact) mass is 275 g/mol. The maximum absolute atomic E-state index is 5.97. The first-order valence-corrected chi connectivity index (χ1v) is 7.43. The summed E-state index contributed by atoms with van der Waals surface area (Å²) in [6, 6.07) is 8.19. The van der Waals surface area contributed by atoms with E-state index in [4.69, 9.17) is 4.42 Å². The van der Waals surface area contributed by atoms with Gasteiger partial charge in [0.1, 0.15) is 5.58 Å². The van der Waals surface area contributed by atoms with Crippen molar-refractivity contribution in [2.45, 2.75) is 45.8 Å². The molecule has 0 unspecified atom stereocenters. The zero-order valence-electron chi connectivity index (χ0n) is 12.3. The maximum atomic E-state index is 5.97. The van der Waals surface area contributed by atoms with Crippen LogP contribution in [-0.2, 0) is 6.42 Å². The molecule has 0 radical (unpaired) electrons.